The molecule has 1 atom stereocenters. The Morgan fingerprint density at radius 2 is 1.37 bits per heavy atom. The molecule has 3 aromatic rings. The van der Waals surface area contributed by atoms with Crippen molar-refractivity contribution in [3.05, 3.63) is 102 Å². The van der Waals surface area contributed by atoms with Gasteiger partial charge in [-0.05, 0) is 28.8 Å². The summed E-state index contributed by atoms with van der Waals surface area (Å²) in [5, 5.41) is 0. The van der Waals surface area contributed by atoms with Crippen LogP contribution < -0.4 is 4.74 Å². The standard InChI is InChI=1S/C29H33NO4Si/c1-27(2,3)29(34-35)26(32)30(20-21-15-17-24(33-4)18-16-21)25(31)19-28(29,22-11-7-5-8-12-22)23-13-9-6-10-14-23/h5-18H,19-20H2,1-4,35H3/t29-/m0/s1. The summed E-state index contributed by atoms with van der Waals surface area (Å²) >= 11 is 0. The molecule has 0 saturated carbocycles. The lowest BCUT2D eigenvalue weighted by Gasteiger charge is -2.59. The summed E-state index contributed by atoms with van der Waals surface area (Å²) in [6, 6.07) is 27.2. The molecule has 1 aliphatic rings. The zero-order valence-electron chi connectivity index (χ0n) is 21.1. The van der Waals surface area contributed by atoms with Crippen LogP contribution in [0.1, 0.15) is 43.9 Å². The summed E-state index contributed by atoms with van der Waals surface area (Å²) < 4.78 is 11.8. The van der Waals surface area contributed by atoms with Gasteiger partial charge in [-0.2, -0.15) is 0 Å². The lowest BCUT2D eigenvalue weighted by atomic mass is 9.51. The SMILES string of the molecule is COc1ccc(CN2C(=O)CC(c3ccccc3)(c3ccccc3)[C@@](O[SiH3])(C(C)(C)C)C2=O)cc1. The van der Waals surface area contributed by atoms with Crippen LogP contribution in [-0.2, 0) is 26.0 Å². The van der Waals surface area contributed by atoms with E-state index < -0.39 is 16.4 Å². The highest BCUT2D eigenvalue weighted by Crippen LogP contribution is 2.57. The quantitative estimate of drug-likeness (QED) is 0.389. The molecule has 4 rings (SSSR count). The van der Waals surface area contributed by atoms with E-state index >= 15 is 0 Å². The first-order valence-electron chi connectivity index (χ1n) is 11.8. The Balaban J connectivity index is 1.94. The van der Waals surface area contributed by atoms with E-state index in [1.54, 1.807) is 7.11 Å². The molecule has 6 heteroatoms. The second-order valence-electron chi connectivity index (χ2n) is 10.1. The predicted molar refractivity (Wildman–Crippen MR) is 140 cm³/mol. The highest BCUT2D eigenvalue weighted by molar-refractivity contribution is 6.09. The van der Waals surface area contributed by atoms with Crippen LogP contribution in [0.15, 0.2) is 84.9 Å². The molecule has 5 nitrogen and oxygen atoms in total. The summed E-state index contributed by atoms with van der Waals surface area (Å²) in [6.45, 7) is 6.28. The van der Waals surface area contributed by atoms with Crippen LogP contribution in [0.5, 0.6) is 5.75 Å². The van der Waals surface area contributed by atoms with Gasteiger partial charge in [0.25, 0.3) is 5.91 Å². The lowest BCUT2D eigenvalue weighted by molar-refractivity contribution is -0.184. The number of hydrogen-bond acceptors (Lipinski definition) is 4. The molecule has 0 unspecified atom stereocenters. The number of rotatable bonds is 6. The van der Waals surface area contributed by atoms with Gasteiger partial charge in [0, 0.05) is 11.8 Å². The van der Waals surface area contributed by atoms with Crippen molar-refractivity contribution in [2.24, 2.45) is 5.41 Å². The number of piperidine rings is 1. The monoisotopic (exact) mass is 487 g/mol. The van der Waals surface area contributed by atoms with E-state index in [4.69, 9.17) is 9.16 Å². The first-order chi connectivity index (χ1) is 16.7. The number of carbonyl (C=O) groups is 2. The van der Waals surface area contributed by atoms with Crippen molar-refractivity contribution in [2.75, 3.05) is 7.11 Å². The smallest absolute Gasteiger partial charge is 0.262 e. The minimum atomic E-state index is -1.28. The lowest BCUT2D eigenvalue weighted by Crippen LogP contribution is -2.73. The van der Waals surface area contributed by atoms with Crippen molar-refractivity contribution in [2.45, 2.75) is 44.8 Å². The van der Waals surface area contributed by atoms with Gasteiger partial charge in [0.2, 0.25) is 5.91 Å². The molecule has 0 bridgehead atoms. The van der Waals surface area contributed by atoms with Crippen LogP contribution in [0.25, 0.3) is 0 Å². The van der Waals surface area contributed by atoms with Gasteiger partial charge >= 0.3 is 0 Å². The Labute approximate surface area is 210 Å². The van der Waals surface area contributed by atoms with Gasteiger partial charge in [-0.25, -0.2) is 0 Å². The Kier molecular flexibility index (Phi) is 6.71. The molecule has 0 radical (unpaired) electrons. The van der Waals surface area contributed by atoms with E-state index in [1.807, 2.05) is 106 Å². The highest BCUT2D eigenvalue weighted by Gasteiger charge is 2.69. The second kappa shape index (κ2) is 9.44. The predicted octanol–water partition coefficient (Wildman–Crippen LogP) is 4.02. The van der Waals surface area contributed by atoms with Crippen LogP contribution in [0.3, 0.4) is 0 Å². The Hall–Kier alpha value is -3.22. The van der Waals surface area contributed by atoms with Gasteiger partial charge < -0.3 is 9.16 Å². The van der Waals surface area contributed by atoms with E-state index in [2.05, 4.69) is 0 Å². The highest BCUT2D eigenvalue weighted by atomic mass is 28.2. The second-order valence-corrected chi connectivity index (χ2v) is 10.5. The Morgan fingerprint density at radius 1 is 0.857 bits per heavy atom. The van der Waals surface area contributed by atoms with E-state index in [-0.39, 0.29) is 24.8 Å². The van der Waals surface area contributed by atoms with Crippen molar-refractivity contribution in [1.82, 2.24) is 4.90 Å². The Morgan fingerprint density at radius 3 is 1.80 bits per heavy atom. The molecular weight excluding hydrogens is 454 g/mol. The first-order valence-corrected chi connectivity index (χ1v) is 12.7. The fourth-order valence-electron chi connectivity index (χ4n) is 5.76. The normalized spacial score (nSPS) is 20.2. The van der Waals surface area contributed by atoms with Crippen LogP contribution >= 0.6 is 0 Å². The number of amides is 2. The van der Waals surface area contributed by atoms with Crippen molar-refractivity contribution < 1.29 is 18.8 Å². The molecular formula is C29H33NO4Si. The number of methoxy groups -OCH3 is 1. The van der Waals surface area contributed by atoms with Crippen molar-refractivity contribution in [3.63, 3.8) is 0 Å². The van der Waals surface area contributed by atoms with E-state index in [0.29, 0.717) is 10.5 Å². The number of carbonyl (C=O) groups excluding carboxylic acids is 2. The minimum absolute atomic E-state index is 0.127. The van der Waals surface area contributed by atoms with Gasteiger partial charge in [0.15, 0.2) is 5.60 Å². The first kappa shape index (κ1) is 24.9. The average Bonchev–Trinajstić information content (AvgIpc) is 2.87. The molecule has 0 N–H and O–H groups in total. The molecule has 1 heterocycles. The van der Waals surface area contributed by atoms with Gasteiger partial charge in [-0.3, -0.25) is 14.5 Å². The number of imide groups is 1. The molecule has 0 aliphatic carbocycles. The number of benzene rings is 3. The maximum Gasteiger partial charge on any atom is 0.262 e. The van der Waals surface area contributed by atoms with E-state index in [9.17, 15) is 9.59 Å². The summed E-state index contributed by atoms with van der Waals surface area (Å²) in [6.07, 6.45) is 0.127. The zero-order valence-corrected chi connectivity index (χ0v) is 23.1. The molecule has 182 valence electrons. The molecule has 0 spiro atoms. The van der Waals surface area contributed by atoms with Gasteiger partial charge in [0.1, 0.15) is 16.2 Å². The minimum Gasteiger partial charge on any atom is -0.497 e. The number of nitrogens with zero attached hydrogens (tertiary/aromatic N) is 1. The molecule has 1 fully saturated rings. The summed E-state index contributed by atoms with van der Waals surface area (Å²) in [5.74, 6) is 0.223. The van der Waals surface area contributed by atoms with Gasteiger partial charge in [-0.1, -0.05) is 93.6 Å². The summed E-state index contributed by atoms with van der Waals surface area (Å²) in [7, 11) is 1.94. The van der Waals surface area contributed by atoms with Gasteiger partial charge in [-0.15, -0.1) is 0 Å². The van der Waals surface area contributed by atoms with Crippen LogP contribution in [0.4, 0.5) is 0 Å². The van der Waals surface area contributed by atoms with E-state index in [1.165, 1.54) is 4.90 Å². The Bertz CT molecular complexity index is 1150. The van der Waals surface area contributed by atoms with Crippen LogP contribution in [0.2, 0.25) is 0 Å². The van der Waals surface area contributed by atoms with Crippen molar-refractivity contribution in [1.29, 1.82) is 0 Å². The van der Waals surface area contributed by atoms with Crippen LogP contribution in [-0.4, -0.2) is 39.9 Å². The van der Waals surface area contributed by atoms with Crippen molar-refractivity contribution >= 4 is 22.3 Å². The largest absolute Gasteiger partial charge is 0.497 e. The van der Waals surface area contributed by atoms with Gasteiger partial charge in [0.05, 0.1) is 19.1 Å². The molecule has 0 aromatic heterocycles. The molecule has 1 aliphatic heterocycles. The molecule has 35 heavy (non-hydrogen) atoms. The summed E-state index contributed by atoms with van der Waals surface area (Å²) in [4.78, 5) is 29.8. The zero-order chi connectivity index (χ0) is 25.3. The molecule has 2 amide bonds. The maximum absolute atomic E-state index is 14.6. The number of hydrogen-bond donors (Lipinski definition) is 0. The number of ether oxygens (including phenoxy) is 1. The molecule has 1 saturated heterocycles. The van der Waals surface area contributed by atoms with Crippen molar-refractivity contribution in [3.8, 4) is 5.75 Å². The van der Waals surface area contributed by atoms with Crippen LogP contribution in [0, 0.1) is 5.41 Å². The van der Waals surface area contributed by atoms with E-state index in [0.717, 1.165) is 22.4 Å². The third-order valence-corrected chi connectivity index (χ3v) is 7.87. The third-order valence-electron chi connectivity index (χ3n) is 7.26. The maximum atomic E-state index is 14.6. The summed E-state index contributed by atoms with van der Waals surface area (Å²) in [5.41, 5.74) is -0.202. The fourth-order valence-corrected chi connectivity index (χ4v) is 6.89. The molecule has 3 aromatic carbocycles. The number of likely N-dealkylation sites (tertiary alicyclic amines) is 1. The fraction of sp³-hybridized carbons (Fsp3) is 0.310. The third kappa shape index (κ3) is 3.91. The topological polar surface area (TPSA) is 55.8 Å². The average molecular weight is 488 g/mol.